The Labute approximate surface area is 143 Å². The Kier molecular flexibility index (Phi) is 6.20. The summed E-state index contributed by atoms with van der Waals surface area (Å²) in [6.07, 6.45) is 0.524. The fraction of sp³-hybridized carbons (Fsp3) is 0.316. The minimum Gasteiger partial charge on any atom is -0.352 e. The van der Waals surface area contributed by atoms with Crippen molar-refractivity contribution in [1.29, 1.82) is 0 Å². The number of hydrogen-bond donors (Lipinski definition) is 2. The van der Waals surface area contributed by atoms with Gasteiger partial charge < -0.3 is 10.6 Å². The van der Waals surface area contributed by atoms with Gasteiger partial charge in [0.15, 0.2) is 0 Å². The Morgan fingerprint density at radius 3 is 1.83 bits per heavy atom. The Hall–Kier alpha value is -1.84. The summed E-state index contributed by atoms with van der Waals surface area (Å²) in [4.78, 5) is 12.1. The molecule has 1 aliphatic carbocycles. The van der Waals surface area contributed by atoms with Crippen LogP contribution >= 0.6 is 12.4 Å². The van der Waals surface area contributed by atoms with Gasteiger partial charge in [0.05, 0.1) is 0 Å². The van der Waals surface area contributed by atoms with E-state index in [0.29, 0.717) is 24.8 Å². The van der Waals surface area contributed by atoms with E-state index in [9.17, 15) is 4.79 Å². The van der Waals surface area contributed by atoms with Gasteiger partial charge in [-0.25, -0.2) is 0 Å². The molecule has 1 fully saturated rings. The minimum atomic E-state index is 0. The second kappa shape index (κ2) is 8.14. The predicted octanol–water partition coefficient (Wildman–Crippen LogP) is 3.08. The highest BCUT2D eigenvalue weighted by Gasteiger charge is 2.52. The summed E-state index contributed by atoms with van der Waals surface area (Å²) in [6, 6.07) is 21.1. The van der Waals surface area contributed by atoms with E-state index in [1.54, 1.807) is 0 Å². The van der Waals surface area contributed by atoms with Crippen LogP contribution in [-0.4, -0.2) is 25.5 Å². The zero-order valence-corrected chi connectivity index (χ0v) is 14.1. The molecular weight excluding hydrogens is 308 g/mol. The van der Waals surface area contributed by atoms with Crippen molar-refractivity contribution in [1.82, 2.24) is 10.6 Å². The van der Waals surface area contributed by atoms with Gasteiger partial charge in [-0.3, -0.25) is 4.79 Å². The molecule has 1 amide bonds. The van der Waals surface area contributed by atoms with Crippen LogP contribution in [0.1, 0.15) is 29.4 Å². The molecule has 0 saturated heterocycles. The summed E-state index contributed by atoms with van der Waals surface area (Å²) < 4.78 is 0. The molecule has 0 radical (unpaired) electrons. The van der Waals surface area contributed by atoms with Crippen molar-refractivity contribution in [3.05, 3.63) is 71.8 Å². The van der Waals surface area contributed by atoms with E-state index in [1.807, 2.05) is 19.2 Å². The molecule has 3 rings (SSSR count). The van der Waals surface area contributed by atoms with Gasteiger partial charge in [-0.1, -0.05) is 60.7 Å². The van der Waals surface area contributed by atoms with Crippen molar-refractivity contribution in [2.45, 2.75) is 24.3 Å². The van der Waals surface area contributed by atoms with E-state index < -0.39 is 0 Å². The number of amides is 1. The maximum Gasteiger partial charge on any atom is 0.221 e. The quantitative estimate of drug-likeness (QED) is 0.854. The van der Waals surface area contributed by atoms with Crippen molar-refractivity contribution in [2.75, 3.05) is 13.6 Å². The van der Waals surface area contributed by atoms with E-state index in [1.165, 1.54) is 11.1 Å². The van der Waals surface area contributed by atoms with Gasteiger partial charge in [-0.2, -0.15) is 0 Å². The van der Waals surface area contributed by atoms with Gasteiger partial charge in [0, 0.05) is 30.8 Å². The van der Waals surface area contributed by atoms with Gasteiger partial charge in [-0.05, 0) is 18.2 Å². The summed E-state index contributed by atoms with van der Waals surface area (Å²) in [5.74, 6) is 0.878. The number of carbonyl (C=O) groups is 1. The summed E-state index contributed by atoms with van der Waals surface area (Å²) in [7, 11) is 1.87. The molecule has 0 bridgehead atoms. The molecule has 2 aromatic carbocycles. The Morgan fingerprint density at radius 2 is 1.39 bits per heavy atom. The third-order valence-corrected chi connectivity index (χ3v) is 4.32. The first-order chi connectivity index (χ1) is 10.8. The molecule has 0 spiro atoms. The second-order valence-electron chi connectivity index (χ2n) is 5.82. The van der Waals surface area contributed by atoms with E-state index in [2.05, 4.69) is 59.2 Å². The largest absolute Gasteiger partial charge is 0.352 e. The van der Waals surface area contributed by atoms with Crippen LogP contribution in [0.5, 0.6) is 0 Å². The number of hydrogen-bond acceptors (Lipinski definition) is 2. The van der Waals surface area contributed by atoms with Crippen LogP contribution in [0.25, 0.3) is 0 Å². The third-order valence-electron chi connectivity index (χ3n) is 4.32. The lowest BCUT2D eigenvalue weighted by Gasteiger charge is -2.04. The molecule has 1 saturated carbocycles. The van der Waals surface area contributed by atoms with Crippen LogP contribution in [-0.2, 0) is 4.79 Å². The summed E-state index contributed by atoms with van der Waals surface area (Å²) in [5.41, 5.74) is 2.60. The highest BCUT2D eigenvalue weighted by molar-refractivity contribution is 5.85. The minimum absolute atomic E-state index is 0. The molecule has 1 aliphatic rings. The zero-order chi connectivity index (χ0) is 15.4. The van der Waals surface area contributed by atoms with E-state index >= 15 is 0 Å². The number of benzene rings is 2. The molecule has 23 heavy (non-hydrogen) atoms. The highest BCUT2D eigenvalue weighted by atomic mass is 35.5. The topological polar surface area (TPSA) is 41.1 Å². The molecule has 2 aromatic rings. The lowest BCUT2D eigenvalue weighted by molar-refractivity contribution is -0.121. The Morgan fingerprint density at radius 1 is 0.913 bits per heavy atom. The highest BCUT2D eigenvalue weighted by Crippen LogP contribution is 2.54. The van der Waals surface area contributed by atoms with Crippen LogP contribution in [0.3, 0.4) is 0 Å². The summed E-state index contributed by atoms with van der Waals surface area (Å²) in [6.45, 7) is 0.713. The smallest absolute Gasteiger partial charge is 0.221 e. The monoisotopic (exact) mass is 330 g/mol. The van der Waals surface area contributed by atoms with Crippen molar-refractivity contribution in [2.24, 2.45) is 0 Å². The Bertz CT molecular complexity index is 572. The van der Waals surface area contributed by atoms with Gasteiger partial charge in [0.2, 0.25) is 5.91 Å². The molecule has 3 nitrogen and oxygen atoms in total. The number of carbonyl (C=O) groups excluding carboxylic acids is 1. The molecule has 122 valence electrons. The SMILES string of the molecule is CNCCC(=O)N[C@@H]1[C@@H](c2ccccc2)[C@H]1c1ccccc1.Cl. The van der Waals surface area contributed by atoms with Crippen LogP contribution in [0.2, 0.25) is 0 Å². The molecule has 4 heteroatoms. The predicted molar refractivity (Wildman–Crippen MR) is 96.1 cm³/mol. The lowest BCUT2D eigenvalue weighted by Crippen LogP contribution is -2.29. The van der Waals surface area contributed by atoms with Crippen molar-refractivity contribution >= 4 is 18.3 Å². The fourth-order valence-electron chi connectivity index (χ4n) is 3.17. The van der Waals surface area contributed by atoms with Crippen LogP contribution < -0.4 is 10.6 Å². The first-order valence-corrected chi connectivity index (χ1v) is 7.85. The molecule has 3 atom stereocenters. The number of halogens is 1. The van der Waals surface area contributed by atoms with Gasteiger partial charge in [0.1, 0.15) is 0 Å². The van der Waals surface area contributed by atoms with Crippen molar-refractivity contribution in [3.8, 4) is 0 Å². The summed E-state index contributed by atoms with van der Waals surface area (Å²) >= 11 is 0. The Balaban J connectivity index is 0.00000192. The normalized spacial score (nSPS) is 22.0. The second-order valence-corrected chi connectivity index (χ2v) is 5.82. The van der Waals surface area contributed by atoms with Gasteiger partial charge in [-0.15, -0.1) is 12.4 Å². The molecule has 0 heterocycles. The maximum absolute atomic E-state index is 12.1. The maximum atomic E-state index is 12.1. The molecule has 0 aromatic heterocycles. The van der Waals surface area contributed by atoms with Crippen molar-refractivity contribution in [3.63, 3.8) is 0 Å². The van der Waals surface area contributed by atoms with E-state index in [0.717, 1.165) is 0 Å². The summed E-state index contributed by atoms with van der Waals surface area (Å²) in [5, 5.41) is 6.22. The fourth-order valence-corrected chi connectivity index (χ4v) is 3.17. The third kappa shape index (κ3) is 4.12. The zero-order valence-electron chi connectivity index (χ0n) is 13.2. The first kappa shape index (κ1) is 17.5. The molecule has 2 N–H and O–H groups in total. The average molecular weight is 331 g/mol. The van der Waals surface area contributed by atoms with Gasteiger partial charge >= 0.3 is 0 Å². The van der Waals surface area contributed by atoms with E-state index in [-0.39, 0.29) is 24.4 Å². The molecule has 0 aliphatic heterocycles. The number of rotatable bonds is 6. The van der Waals surface area contributed by atoms with Crippen LogP contribution in [0, 0.1) is 0 Å². The number of nitrogens with one attached hydrogen (secondary N) is 2. The molecule has 0 unspecified atom stereocenters. The van der Waals surface area contributed by atoms with Crippen molar-refractivity contribution < 1.29 is 4.79 Å². The standard InChI is InChI=1S/C19H22N2O.ClH/c1-20-13-12-16(22)21-19-17(14-8-4-2-5-9-14)18(19)15-10-6-3-7-11-15;/h2-11,17-20H,12-13H2,1H3,(H,21,22);1H/t17-,18+,19+;. The average Bonchev–Trinajstić information content (AvgIpc) is 3.28. The van der Waals surface area contributed by atoms with Gasteiger partial charge in [0.25, 0.3) is 0 Å². The first-order valence-electron chi connectivity index (χ1n) is 7.85. The van der Waals surface area contributed by atoms with E-state index in [4.69, 9.17) is 0 Å². The molecular formula is C19H23ClN2O. The van der Waals surface area contributed by atoms with Crippen LogP contribution in [0.15, 0.2) is 60.7 Å². The van der Waals surface area contributed by atoms with Crippen LogP contribution in [0.4, 0.5) is 0 Å². The lowest BCUT2D eigenvalue weighted by atomic mass is 10.0.